The van der Waals surface area contributed by atoms with Gasteiger partial charge in [-0.3, -0.25) is 10.1 Å². The van der Waals surface area contributed by atoms with Gasteiger partial charge in [0.15, 0.2) is 0 Å². The number of carbonyl (C=O) groups is 1. The molecule has 33 heavy (non-hydrogen) atoms. The van der Waals surface area contributed by atoms with Crippen LogP contribution in [-0.4, -0.2) is 22.1 Å². The number of benzene rings is 3. The minimum absolute atomic E-state index is 0.199. The molecule has 0 fully saturated rings. The number of nitrogens with one attached hydrogen (secondary N) is 2. The van der Waals surface area contributed by atoms with E-state index >= 15 is 0 Å². The molecule has 1 heterocycles. The van der Waals surface area contributed by atoms with E-state index in [1.54, 1.807) is 18.2 Å². The second kappa shape index (κ2) is 10.6. The zero-order valence-electron chi connectivity index (χ0n) is 17.4. The summed E-state index contributed by atoms with van der Waals surface area (Å²) in [4.78, 5) is 15.2. The molecule has 3 N–H and O–H groups in total. The molecule has 0 unspecified atom stereocenters. The van der Waals surface area contributed by atoms with Crippen molar-refractivity contribution in [1.29, 1.82) is 0 Å². The molecule has 0 saturated carbocycles. The van der Waals surface area contributed by atoms with E-state index in [0.717, 1.165) is 26.5 Å². The number of carboxylic acid groups (broad SMARTS) is 1. The Hall–Kier alpha value is -2.51. The van der Waals surface area contributed by atoms with E-state index in [9.17, 15) is 9.90 Å². The van der Waals surface area contributed by atoms with Crippen LogP contribution in [0.4, 0.5) is 0 Å². The maximum absolute atomic E-state index is 12.0. The van der Waals surface area contributed by atoms with E-state index in [-0.39, 0.29) is 6.61 Å². The number of ether oxygens (including phenoxy) is 1. The predicted molar refractivity (Wildman–Crippen MR) is 135 cm³/mol. The second-order valence-electron chi connectivity index (χ2n) is 7.58. The van der Waals surface area contributed by atoms with Gasteiger partial charge in [-0.25, -0.2) is 0 Å². The highest BCUT2D eigenvalue weighted by molar-refractivity contribution is 9.10. The number of para-hydroxylation sites is 1. The second-order valence-corrected chi connectivity index (χ2v) is 9.31. The molecule has 1 atom stereocenters. The molecule has 0 aliphatic rings. The van der Waals surface area contributed by atoms with Gasteiger partial charge in [-0.2, -0.15) is 0 Å². The number of hydrogen-bond donors (Lipinski definition) is 3. The monoisotopic (exact) mass is 546 g/mol. The van der Waals surface area contributed by atoms with Crippen molar-refractivity contribution in [3.05, 3.63) is 98.1 Å². The Labute approximate surface area is 209 Å². The molecule has 0 spiro atoms. The van der Waals surface area contributed by atoms with Gasteiger partial charge in [-0.15, -0.1) is 0 Å². The standard InChI is InChI=1S/C25H21BrCl2N2O3/c26-17-8-9-24(33-14-19-20(27)5-3-6-21(19)28)16(10-17)13-30-23(25(31)32)11-15-12-29-22-7-2-1-4-18(15)22/h1-10,12,23,29-30H,11,13-14H2,(H,31,32)/t23-/m0/s1. The van der Waals surface area contributed by atoms with Crippen molar-refractivity contribution in [2.45, 2.75) is 25.6 Å². The third kappa shape index (κ3) is 5.71. The summed E-state index contributed by atoms with van der Waals surface area (Å²) in [6.07, 6.45) is 2.21. The first kappa shape index (κ1) is 23.6. The SMILES string of the molecule is O=C(O)[C@H](Cc1c[nH]c2ccccc12)NCc1cc(Br)ccc1OCc1c(Cl)cccc1Cl. The van der Waals surface area contributed by atoms with Gasteiger partial charge in [0.1, 0.15) is 18.4 Å². The van der Waals surface area contributed by atoms with E-state index in [0.29, 0.717) is 34.3 Å². The smallest absolute Gasteiger partial charge is 0.321 e. The molecule has 4 aromatic rings. The molecule has 0 aliphatic heterocycles. The summed E-state index contributed by atoms with van der Waals surface area (Å²) in [6.45, 7) is 0.509. The van der Waals surface area contributed by atoms with Gasteiger partial charge in [0.25, 0.3) is 0 Å². The van der Waals surface area contributed by atoms with Gasteiger partial charge >= 0.3 is 5.97 Å². The van der Waals surface area contributed by atoms with Gasteiger partial charge in [0.2, 0.25) is 0 Å². The molecular weight excluding hydrogens is 527 g/mol. The molecular formula is C25H21BrCl2N2O3. The Morgan fingerprint density at radius 1 is 1.06 bits per heavy atom. The predicted octanol–water partition coefficient (Wildman–Crippen LogP) is 6.60. The van der Waals surface area contributed by atoms with Crippen LogP contribution in [0.2, 0.25) is 10.0 Å². The van der Waals surface area contributed by atoms with Crippen molar-refractivity contribution in [2.24, 2.45) is 0 Å². The van der Waals surface area contributed by atoms with E-state index in [2.05, 4.69) is 26.2 Å². The highest BCUT2D eigenvalue weighted by Gasteiger charge is 2.20. The fourth-order valence-electron chi connectivity index (χ4n) is 3.65. The number of aliphatic carboxylic acids is 1. The van der Waals surface area contributed by atoms with Crippen molar-refractivity contribution < 1.29 is 14.6 Å². The van der Waals surface area contributed by atoms with Crippen molar-refractivity contribution >= 4 is 56.0 Å². The maximum Gasteiger partial charge on any atom is 0.321 e. The van der Waals surface area contributed by atoms with Gasteiger partial charge in [-0.1, -0.05) is 63.4 Å². The first-order chi connectivity index (χ1) is 15.9. The van der Waals surface area contributed by atoms with Gasteiger partial charge in [-0.05, 0) is 42.0 Å². The Morgan fingerprint density at radius 3 is 2.58 bits per heavy atom. The number of aromatic amines is 1. The number of fused-ring (bicyclic) bond motifs is 1. The minimum atomic E-state index is -0.916. The first-order valence-corrected chi connectivity index (χ1v) is 11.8. The number of rotatable bonds is 9. The number of hydrogen-bond acceptors (Lipinski definition) is 3. The molecule has 3 aromatic carbocycles. The lowest BCUT2D eigenvalue weighted by atomic mass is 10.0. The topological polar surface area (TPSA) is 74.3 Å². The molecule has 0 saturated heterocycles. The summed E-state index contributed by atoms with van der Waals surface area (Å²) in [6, 6.07) is 18.0. The number of halogens is 3. The lowest BCUT2D eigenvalue weighted by Crippen LogP contribution is -2.38. The Bertz CT molecular complexity index is 1270. The molecule has 1 aromatic heterocycles. The molecule has 5 nitrogen and oxygen atoms in total. The van der Waals surface area contributed by atoms with E-state index in [1.165, 1.54) is 0 Å². The summed E-state index contributed by atoms with van der Waals surface area (Å²) in [5, 5.41) is 15.1. The highest BCUT2D eigenvalue weighted by atomic mass is 79.9. The van der Waals surface area contributed by atoms with Crippen LogP contribution >= 0.6 is 39.1 Å². The zero-order valence-corrected chi connectivity index (χ0v) is 20.5. The Kier molecular flexibility index (Phi) is 7.60. The lowest BCUT2D eigenvalue weighted by molar-refractivity contribution is -0.139. The summed E-state index contributed by atoms with van der Waals surface area (Å²) in [7, 11) is 0. The van der Waals surface area contributed by atoms with Crippen molar-refractivity contribution in [2.75, 3.05) is 0 Å². The Morgan fingerprint density at radius 2 is 1.82 bits per heavy atom. The third-order valence-corrected chi connectivity index (χ3v) is 6.59. The summed E-state index contributed by atoms with van der Waals surface area (Å²) < 4.78 is 6.88. The first-order valence-electron chi connectivity index (χ1n) is 10.3. The fraction of sp³-hybridized carbons (Fsp3) is 0.160. The number of H-pyrrole nitrogens is 1. The highest BCUT2D eigenvalue weighted by Crippen LogP contribution is 2.29. The van der Waals surface area contributed by atoms with E-state index < -0.39 is 12.0 Å². The van der Waals surface area contributed by atoms with Crippen molar-refractivity contribution in [3.8, 4) is 5.75 Å². The maximum atomic E-state index is 12.0. The third-order valence-electron chi connectivity index (χ3n) is 5.39. The largest absolute Gasteiger partial charge is 0.488 e. The fourth-order valence-corrected chi connectivity index (χ4v) is 4.56. The Balaban J connectivity index is 1.49. The van der Waals surface area contributed by atoms with Crippen LogP contribution in [0.25, 0.3) is 10.9 Å². The van der Waals surface area contributed by atoms with Crippen LogP contribution in [0.1, 0.15) is 16.7 Å². The van der Waals surface area contributed by atoms with Crippen molar-refractivity contribution in [3.63, 3.8) is 0 Å². The average Bonchev–Trinajstić information content (AvgIpc) is 3.20. The molecule has 0 radical (unpaired) electrons. The normalized spacial score (nSPS) is 12.1. The summed E-state index contributed by atoms with van der Waals surface area (Å²) >= 11 is 16.0. The minimum Gasteiger partial charge on any atom is -0.488 e. The van der Waals surface area contributed by atoms with Crippen LogP contribution in [0, 0.1) is 0 Å². The molecule has 0 bridgehead atoms. The number of carboxylic acids is 1. The van der Waals surface area contributed by atoms with Crippen LogP contribution in [0.15, 0.2) is 71.3 Å². The molecule has 0 amide bonds. The molecule has 8 heteroatoms. The number of aromatic nitrogens is 1. The van der Waals surface area contributed by atoms with Gasteiger partial charge in [0.05, 0.1) is 0 Å². The average molecular weight is 548 g/mol. The van der Waals surface area contributed by atoms with E-state index in [1.807, 2.05) is 48.7 Å². The van der Waals surface area contributed by atoms with Crippen LogP contribution in [-0.2, 0) is 24.4 Å². The zero-order chi connectivity index (χ0) is 23.4. The van der Waals surface area contributed by atoms with Crippen LogP contribution in [0.5, 0.6) is 5.75 Å². The lowest BCUT2D eigenvalue weighted by Gasteiger charge is -2.17. The van der Waals surface area contributed by atoms with Crippen LogP contribution < -0.4 is 10.1 Å². The molecule has 4 rings (SSSR count). The quantitative estimate of drug-likeness (QED) is 0.220. The van der Waals surface area contributed by atoms with Crippen LogP contribution in [0.3, 0.4) is 0 Å². The van der Waals surface area contributed by atoms with Crippen molar-refractivity contribution in [1.82, 2.24) is 10.3 Å². The van der Waals surface area contributed by atoms with Gasteiger partial charge in [0, 0.05) is 55.7 Å². The molecule has 170 valence electrons. The summed E-state index contributed by atoms with van der Waals surface area (Å²) in [5.74, 6) is -0.293. The van der Waals surface area contributed by atoms with Gasteiger partial charge < -0.3 is 14.8 Å². The van der Waals surface area contributed by atoms with E-state index in [4.69, 9.17) is 27.9 Å². The molecule has 0 aliphatic carbocycles. The summed E-state index contributed by atoms with van der Waals surface area (Å²) in [5.41, 5.74) is 3.45.